The van der Waals surface area contributed by atoms with Gasteiger partial charge in [0, 0.05) is 36.3 Å². The Hall–Kier alpha value is -3.81. The van der Waals surface area contributed by atoms with Gasteiger partial charge < -0.3 is 5.11 Å². The molecule has 0 radical (unpaired) electrons. The van der Waals surface area contributed by atoms with Gasteiger partial charge in [0.05, 0.1) is 16.7 Å². The topological polar surface area (TPSA) is 113 Å². The lowest BCUT2D eigenvalue weighted by Crippen LogP contribution is -2.25. The van der Waals surface area contributed by atoms with Crippen LogP contribution in [0.2, 0.25) is 0 Å². The van der Waals surface area contributed by atoms with Crippen molar-refractivity contribution in [1.29, 1.82) is 0 Å². The van der Waals surface area contributed by atoms with Crippen molar-refractivity contribution in [3.8, 4) is 0 Å². The van der Waals surface area contributed by atoms with Crippen molar-refractivity contribution in [3.63, 3.8) is 0 Å². The summed E-state index contributed by atoms with van der Waals surface area (Å²) in [5, 5.41) is 25.3. The quantitative estimate of drug-likeness (QED) is 0.497. The van der Waals surface area contributed by atoms with E-state index >= 15 is 0 Å². The minimum atomic E-state index is -1.23. The minimum Gasteiger partial charge on any atom is -0.478 e. The second kappa shape index (κ2) is 7.61. The molecule has 2 aromatic carbocycles. The molecular formula is C19H15N3O5. The summed E-state index contributed by atoms with van der Waals surface area (Å²) in [5.41, 5.74) is 1.83. The second-order valence-corrected chi connectivity index (χ2v) is 5.84. The molecule has 0 fully saturated rings. The molecule has 2 aromatic rings. The number of carbonyl (C=O) groups excluding carboxylic acids is 1. The maximum absolute atomic E-state index is 12.4. The van der Waals surface area contributed by atoms with E-state index in [-0.39, 0.29) is 5.69 Å². The summed E-state index contributed by atoms with van der Waals surface area (Å²) in [6, 6.07) is 14.8. The fourth-order valence-corrected chi connectivity index (χ4v) is 2.84. The van der Waals surface area contributed by atoms with Gasteiger partial charge in [-0.1, -0.05) is 42.5 Å². The van der Waals surface area contributed by atoms with E-state index in [4.69, 9.17) is 5.11 Å². The predicted molar refractivity (Wildman–Crippen MR) is 97.1 cm³/mol. The molecule has 0 saturated heterocycles. The van der Waals surface area contributed by atoms with Crippen LogP contribution < -0.4 is 0 Å². The van der Waals surface area contributed by atoms with Gasteiger partial charge in [-0.25, -0.2) is 9.80 Å². The molecule has 3 rings (SSSR count). The van der Waals surface area contributed by atoms with Gasteiger partial charge >= 0.3 is 5.97 Å². The van der Waals surface area contributed by atoms with E-state index in [1.54, 1.807) is 12.1 Å². The highest BCUT2D eigenvalue weighted by molar-refractivity contribution is 6.04. The van der Waals surface area contributed by atoms with E-state index < -0.39 is 22.8 Å². The number of aliphatic carboxylic acids is 1. The minimum absolute atomic E-state index is 0.0676. The van der Waals surface area contributed by atoms with Crippen LogP contribution in [0.1, 0.15) is 23.6 Å². The lowest BCUT2D eigenvalue weighted by molar-refractivity contribution is -0.384. The van der Waals surface area contributed by atoms with E-state index in [1.807, 2.05) is 30.3 Å². The lowest BCUT2D eigenvalue weighted by Gasteiger charge is -2.20. The van der Waals surface area contributed by atoms with Crippen LogP contribution in [0.15, 0.2) is 71.9 Å². The highest BCUT2D eigenvalue weighted by Crippen LogP contribution is 2.33. The molecule has 27 heavy (non-hydrogen) atoms. The molecule has 0 saturated carbocycles. The Balaban J connectivity index is 1.97. The Morgan fingerprint density at radius 1 is 1.15 bits per heavy atom. The zero-order valence-electron chi connectivity index (χ0n) is 14.1. The van der Waals surface area contributed by atoms with Crippen LogP contribution in [0.25, 0.3) is 0 Å². The first-order chi connectivity index (χ1) is 13.0. The number of amides is 1. The molecule has 1 aliphatic rings. The number of benzene rings is 2. The van der Waals surface area contributed by atoms with Crippen molar-refractivity contribution in [1.82, 2.24) is 5.01 Å². The largest absolute Gasteiger partial charge is 0.478 e. The van der Waals surface area contributed by atoms with E-state index in [2.05, 4.69) is 5.10 Å². The molecule has 0 aromatic heterocycles. The molecule has 1 amide bonds. The molecule has 1 atom stereocenters. The number of rotatable bonds is 5. The van der Waals surface area contributed by atoms with Crippen LogP contribution >= 0.6 is 0 Å². The summed E-state index contributed by atoms with van der Waals surface area (Å²) in [6.07, 6.45) is 2.06. The van der Waals surface area contributed by atoms with Gasteiger partial charge in [0.25, 0.3) is 11.6 Å². The van der Waals surface area contributed by atoms with Gasteiger partial charge in [0.1, 0.15) is 0 Å². The number of nitro groups is 1. The monoisotopic (exact) mass is 365 g/mol. The van der Waals surface area contributed by atoms with Gasteiger partial charge in [-0.15, -0.1) is 0 Å². The molecule has 1 aliphatic heterocycles. The third-order valence-corrected chi connectivity index (χ3v) is 4.08. The number of carbonyl (C=O) groups is 2. The highest BCUT2D eigenvalue weighted by Gasteiger charge is 2.32. The van der Waals surface area contributed by atoms with Crippen LogP contribution in [0.3, 0.4) is 0 Å². The zero-order valence-corrected chi connectivity index (χ0v) is 14.1. The van der Waals surface area contributed by atoms with E-state index in [1.165, 1.54) is 17.1 Å². The first-order valence-electron chi connectivity index (χ1n) is 8.07. The maximum Gasteiger partial charge on any atom is 0.328 e. The number of nitrogens with zero attached hydrogens (tertiary/aromatic N) is 3. The Morgan fingerprint density at radius 2 is 1.89 bits per heavy atom. The van der Waals surface area contributed by atoms with Crippen LogP contribution in [0, 0.1) is 10.1 Å². The third-order valence-electron chi connectivity index (χ3n) is 4.08. The maximum atomic E-state index is 12.4. The Morgan fingerprint density at radius 3 is 2.56 bits per heavy atom. The van der Waals surface area contributed by atoms with Crippen molar-refractivity contribution in [2.75, 3.05) is 0 Å². The number of carboxylic acid groups (broad SMARTS) is 1. The van der Waals surface area contributed by atoms with E-state index in [0.717, 1.165) is 17.7 Å². The third kappa shape index (κ3) is 4.06. The fraction of sp³-hybridized carbons (Fsp3) is 0.105. The number of hydrogen-bond acceptors (Lipinski definition) is 5. The zero-order chi connectivity index (χ0) is 19.4. The summed E-state index contributed by atoms with van der Waals surface area (Å²) in [4.78, 5) is 33.7. The SMILES string of the molecule is O=C(O)C=CC(=O)N1N=C(c2cccc([N+](=O)[O-])c2)CC1c1ccccc1. The smallest absolute Gasteiger partial charge is 0.328 e. The summed E-state index contributed by atoms with van der Waals surface area (Å²) >= 11 is 0. The second-order valence-electron chi connectivity index (χ2n) is 5.84. The molecule has 0 bridgehead atoms. The number of non-ortho nitro benzene ring substituents is 1. The molecule has 0 aliphatic carbocycles. The molecular weight excluding hydrogens is 350 g/mol. The molecule has 0 spiro atoms. The molecule has 1 heterocycles. The van der Waals surface area contributed by atoms with Gasteiger partial charge in [-0.3, -0.25) is 14.9 Å². The van der Waals surface area contributed by atoms with Gasteiger partial charge in [0.15, 0.2) is 0 Å². The Kier molecular flexibility index (Phi) is 5.07. The number of hydrazone groups is 1. The van der Waals surface area contributed by atoms with Gasteiger partial charge in [-0.05, 0) is 5.56 Å². The van der Waals surface area contributed by atoms with Crippen molar-refractivity contribution in [2.45, 2.75) is 12.5 Å². The molecule has 8 nitrogen and oxygen atoms in total. The first kappa shape index (κ1) is 18.0. The van der Waals surface area contributed by atoms with Crippen molar-refractivity contribution in [3.05, 3.63) is 88.0 Å². The average Bonchev–Trinajstić information content (AvgIpc) is 3.12. The van der Waals surface area contributed by atoms with Crippen LogP contribution in [-0.2, 0) is 9.59 Å². The Labute approximate surface area is 154 Å². The van der Waals surface area contributed by atoms with E-state index in [0.29, 0.717) is 17.7 Å². The number of carboxylic acids is 1. The first-order valence-corrected chi connectivity index (χ1v) is 8.07. The van der Waals surface area contributed by atoms with Crippen LogP contribution in [0.4, 0.5) is 5.69 Å². The van der Waals surface area contributed by atoms with Gasteiger partial charge in [0.2, 0.25) is 0 Å². The summed E-state index contributed by atoms with van der Waals surface area (Å²) in [5.74, 6) is -1.81. The van der Waals surface area contributed by atoms with Crippen LogP contribution in [0.5, 0.6) is 0 Å². The summed E-state index contributed by atoms with van der Waals surface area (Å²) in [6.45, 7) is 0. The normalized spacial score (nSPS) is 16.4. The lowest BCUT2D eigenvalue weighted by atomic mass is 9.98. The van der Waals surface area contributed by atoms with Crippen molar-refractivity contribution < 1.29 is 19.6 Å². The number of nitro benzene ring substituents is 1. The molecule has 1 unspecified atom stereocenters. The van der Waals surface area contributed by atoms with Crippen molar-refractivity contribution in [2.24, 2.45) is 5.10 Å². The van der Waals surface area contributed by atoms with E-state index in [9.17, 15) is 19.7 Å². The molecule has 8 heteroatoms. The summed E-state index contributed by atoms with van der Waals surface area (Å²) < 4.78 is 0. The fourth-order valence-electron chi connectivity index (χ4n) is 2.84. The predicted octanol–water partition coefficient (Wildman–Crippen LogP) is 2.91. The highest BCUT2D eigenvalue weighted by atomic mass is 16.6. The summed E-state index contributed by atoms with van der Waals surface area (Å²) in [7, 11) is 0. The standard InChI is InChI=1S/C19H15N3O5/c23-18(9-10-19(24)25)21-17(13-5-2-1-3-6-13)12-16(20-21)14-7-4-8-15(11-14)22(26)27/h1-11,17H,12H2,(H,24,25). The molecule has 136 valence electrons. The van der Waals surface area contributed by atoms with Gasteiger partial charge in [-0.2, -0.15) is 5.10 Å². The average molecular weight is 365 g/mol. The van der Waals surface area contributed by atoms with Crippen molar-refractivity contribution >= 4 is 23.3 Å². The Bertz CT molecular complexity index is 953. The number of hydrogen-bond donors (Lipinski definition) is 1. The van der Waals surface area contributed by atoms with Crippen LogP contribution in [-0.4, -0.2) is 32.6 Å². The molecule has 1 N–H and O–H groups in total.